The van der Waals surface area contributed by atoms with Crippen molar-refractivity contribution in [1.82, 2.24) is 5.32 Å². The van der Waals surface area contributed by atoms with E-state index in [0.717, 1.165) is 23.5 Å². The molecule has 0 bridgehead atoms. The zero-order valence-electron chi connectivity index (χ0n) is 10.7. The molecule has 0 aliphatic heterocycles. The van der Waals surface area contributed by atoms with Gasteiger partial charge in [0.1, 0.15) is 5.75 Å². The van der Waals surface area contributed by atoms with E-state index in [-0.39, 0.29) is 5.91 Å². The molecule has 1 amide bonds. The molecular formula is C13H20N2O2. The van der Waals surface area contributed by atoms with Crippen molar-refractivity contribution < 1.29 is 9.53 Å². The summed E-state index contributed by atoms with van der Waals surface area (Å²) in [6.45, 7) is 7.55. The van der Waals surface area contributed by atoms with Crippen LogP contribution in [0.5, 0.6) is 5.75 Å². The van der Waals surface area contributed by atoms with Crippen LogP contribution in [-0.4, -0.2) is 25.6 Å². The van der Waals surface area contributed by atoms with Gasteiger partial charge in [-0.05, 0) is 38.1 Å². The van der Waals surface area contributed by atoms with Gasteiger partial charge in [-0.1, -0.05) is 13.0 Å². The first-order valence-electron chi connectivity index (χ1n) is 5.91. The van der Waals surface area contributed by atoms with Gasteiger partial charge < -0.3 is 15.4 Å². The highest BCUT2D eigenvalue weighted by Gasteiger charge is 2.07. The number of amides is 1. The summed E-state index contributed by atoms with van der Waals surface area (Å²) >= 11 is 0. The van der Waals surface area contributed by atoms with E-state index in [2.05, 4.69) is 10.6 Å². The predicted octanol–water partition coefficient (Wildman–Crippen LogP) is 1.94. The number of rotatable bonds is 6. The van der Waals surface area contributed by atoms with E-state index < -0.39 is 0 Å². The minimum absolute atomic E-state index is 0.0587. The molecule has 0 saturated carbocycles. The molecule has 1 aromatic rings. The summed E-state index contributed by atoms with van der Waals surface area (Å²) in [5, 5.41) is 5.81. The molecule has 1 rings (SSSR count). The third kappa shape index (κ3) is 4.44. The first-order chi connectivity index (χ1) is 8.17. The van der Waals surface area contributed by atoms with Crippen LogP contribution < -0.4 is 15.4 Å². The van der Waals surface area contributed by atoms with E-state index >= 15 is 0 Å². The van der Waals surface area contributed by atoms with Crippen LogP contribution >= 0.6 is 0 Å². The van der Waals surface area contributed by atoms with Crippen LogP contribution in [0.15, 0.2) is 18.2 Å². The van der Waals surface area contributed by atoms with Crippen molar-refractivity contribution in [3.8, 4) is 5.75 Å². The maximum Gasteiger partial charge on any atom is 0.238 e. The minimum atomic E-state index is -0.0587. The van der Waals surface area contributed by atoms with Gasteiger partial charge in [0.15, 0.2) is 0 Å². The smallest absolute Gasteiger partial charge is 0.238 e. The van der Waals surface area contributed by atoms with Crippen molar-refractivity contribution in [2.75, 3.05) is 25.0 Å². The van der Waals surface area contributed by atoms with Gasteiger partial charge in [0.25, 0.3) is 0 Å². The lowest BCUT2D eigenvalue weighted by Gasteiger charge is -2.12. The Balaban J connectivity index is 2.72. The number of aryl methyl sites for hydroxylation is 1. The highest BCUT2D eigenvalue weighted by molar-refractivity contribution is 5.93. The average molecular weight is 236 g/mol. The van der Waals surface area contributed by atoms with Gasteiger partial charge in [0.2, 0.25) is 5.91 Å². The molecule has 0 fully saturated rings. The number of hydrogen-bond acceptors (Lipinski definition) is 3. The number of benzene rings is 1. The second-order valence-corrected chi connectivity index (χ2v) is 3.76. The summed E-state index contributed by atoms with van der Waals surface area (Å²) in [6.07, 6.45) is 0. The van der Waals surface area contributed by atoms with Gasteiger partial charge in [-0.25, -0.2) is 0 Å². The Kier molecular flexibility index (Phi) is 5.49. The topological polar surface area (TPSA) is 50.4 Å². The molecule has 0 unspecified atom stereocenters. The third-order valence-corrected chi connectivity index (χ3v) is 2.25. The standard InChI is InChI=1S/C13H20N2O2/c1-4-14-9-13(16)15-11-7-6-10(3)8-12(11)17-5-2/h6-8,14H,4-5,9H2,1-3H3,(H,15,16). The van der Waals surface area contributed by atoms with Crippen LogP contribution in [0.1, 0.15) is 19.4 Å². The molecule has 0 aromatic heterocycles. The zero-order chi connectivity index (χ0) is 12.7. The molecule has 1 aromatic carbocycles. The SMILES string of the molecule is CCNCC(=O)Nc1ccc(C)cc1OCC. The van der Waals surface area contributed by atoms with Crippen LogP contribution in [0, 0.1) is 6.92 Å². The van der Waals surface area contributed by atoms with E-state index in [0.29, 0.717) is 13.2 Å². The molecule has 94 valence electrons. The lowest BCUT2D eigenvalue weighted by atomic mass is 10.2. The summed E-state index contributed by atoms with van der Waals surface area (Å²) < 4.78 is 5.49. The van der Waals surface area contributed by atoms with Crippen molar-refractivity contribution in [2.45, 2.75) is 20.8 Å². The molecule has 0 radical (unpaired) electrons. The van der Waals surface area contributed by atoms with Gasteiger partial charge >= 0.3 is 0 Å². The lowest BCUT2D eigenvalue weighted by molar-refractivity contribution is -0.115. The number of nitrogens with one attached hydrogen (secondary N) is 2. The van der Waals surface area contributed by atoms with Gasteiger partial charge in [-0.2, -0.15) is 0 Å². The summed E-state index contributed by atoms with van der Waals surface area (Å²) in [6, 6.07) is 5.74. The third-order valence-electron chi connectivity index (χ3n) is 2.25. The summed E-state index contributed by atoms with van der Waals surface area (Å²) in [4.78, 5) is 11.6. The number of anilines is 1. The van der Waals surface area contributed by atoms with Gasteiger partial charge in [0, 0.05) is 0 Å². The Morgan fingerprint density at radius 3 is 2.76 bits per heavy atom. The molecular weight excluding hydrogens is 216 g/mol. The number of carbonyl (C=O) groups is 1. The van der Waals surface area contributed by atoms with E-state index in [1.165, 1.54) is 0 Å². The Hall–Kier alpha value is -1.55. The fraction of sp³-hybridized carbons (Fsp3) is 0.462. The number of hydrogen-bond donors (Lipinski definition) is 2. The fourth-order valence-corrected chi connectivity index (χ4v) is 1.44. The maximum absolute atomic E-state index is 11.6. The van der Waals surface area contributed by atoms with Crippen molar-refractivity contribution in [1.29, 1.82) is 0 Å². The molecule has 0 atom stereocenters. The van der Waals surface area contributed by atoms with Crippen molar-refractivity contribution in [3.63, 3.8) is 0 Å². The van der Waals surface area contributed by atoms with Crippen LogP contribution in [0.3, 0.4) is 0 Å². The monoisotopic (exact) mass is 236 g/mol. The van der Waals surface area contributed by atoms with Crippen molar-refractivity contribution >= 4 is 11.6 Å². The van der Waals surface area contributed by atoms with Gasteiger partial charge in [-0.15, -0.1) is 0 Å². The Morgan fingerprint density at radius 1 is 1.35 bits per heavy atom. The molecule has 4 heteroatoms. The second-order valence-electron chi connectivity index (χ2n) is 3.76. The van der Waals surface area contributed by atoms with E-state index in [9.17, 15) is 4.79 Å². The number of carbonyl (C=O) groups excluding carboxylic acids is 1. The minimum Gasteiger partial charge on any atom is -0.492 e. The Morgan fingerprint density at radius 2 is 2.12 bits per heavy atom. The van der Waals surface area contributed by atoms with Crippen LogP contribution in [0.4, 0.5) is 5.69 Å². The number of likely N-dealkylation sites (N-methyl/N-ethyl adjacent to an activating group) is 1. The van der Waals surface area contributed by atoms with Gasteiger partial charge in [0.05, 0.1) is 18.8 Å². The van der Waals surface area contributed by atoms with Crippen molar-refractivity contribution in [2.24, 2.45) is 0 Å². The zero-order valence-corrected chi connectivity index (χ0v) is 10.7. The van der Waals surface area contributed by atoms with E-state index in [1.807, 2.05) is 39.0 Å². The predicted molar refractivity (Wildman–Crippen MR) is 69.5 cm³/mol. The summed E-state index contributed by atoms with van der Waals surface area (Å²) in [7, 11) is 0. The molecule has 17 heavy (non-hydrogen) atoms. The summed E-state index contributed by atoms with van der Waals surface area (Å²) in [5.41, 5.74) is 1.83. The van der Waals surface area contributed by atoms with E-state index in [1.54, 1.807) is 0 Å². The summed E-state index contributed by atoms with van der Waals surface area (Å²) in [5.74, 6) is 0.661. The molecule has 0 aliphatic carbocycles. The fourth-order valence-electron chi connectivity index (χ4n) is 1.44. The molecule has 0 spiro atoms. The highest BCUT2D eigenvalue weighted by atomic mass is 16.5. The number of ether oxygens (including phenoxy) is 1. The molecule has 0 saturated heterocycles. The van der Waals surface area contributed by atoms with Crippen LogP contribution in [-0.2, 0) is 4.79 Å². The maximum atomic E-state index is 11.6. The molecule has 4 nitrogen and oxygen atoms in total. The molecule has 0 aliphatic rings. The first kappa shape index (κ1) is 13.5. The van der Waals surface area contributed by atoms with Gasteiger partial charge in [-0.3, -0.25) is 4.79 Å². The lowest BCUT2D eigenvalue weighted by Crippen LogP contribution is -2.27. The Labute approximate surface area is 102 Å². The molecule has 0 heterocycles. The normalized spacial score (nSPS) is 10.1. The first-order valence-corrected chi connectivity index (χ1v) is 5.91. The van der Waals surface area contributed by atoms with E-state index in [4.69, 9.17) is 4.74 Å². The second kappa shape index (κ2) is 6.91. The van der Waals surface area contributed by atoms with Crippen LogP contribution in [0.2, 0.25) is 0 Å². The quantitative estimate of drug-likeness (QED) is 0.793. The largest absolute Gasteiger partial charge is 0.492 e. The van der Waals surface area contributed by atoms with Crippen molar-refractivity contribution in [3.05, 3.63) is 23.8 Å². The Bertz CT molecular complexity index is 378. The molecule has 2 N–H and O–H groups in total. The highest BCUT2D eigenvalue weighted by Crippen LogP contribution is 2.25. The average Bonchev–Trinajstić information content (AvgIpc) is 2.30. The van der Waals surface area contributed by atoms with Crippen LogP contribution in [0.25, 0.3) is 0 Å².